The fourth-order valence-corrected chi connectivity index (χ4v) is 2.30. The average molecular weight is 428 g/mol. The van der Waals surface area contributed by atoms with Crippen LogP contribution in [0.15, 0.2) is 57.5 Å². The summed E-state index contributed by atoms with van der Waals surface area (Å²) in [4.78, 5) is 23.3. The van der Waals surface area contributed by atoms with Gasteiger partial charge in [0.25, 0.3) is 0 Å². The summed E-state index contributed by atoms with van der Waals surface area (Å²) in [7, 11) is 0. The largest absolute Gasteiger partial charge is 0.329 e. The van der Waals surface area contributed by atoms with Crippen molar-refractivity contribution >= 4 is 55.0 Å². The van der Waals surface area contributed by atoms with Gasteiger partial charge < -0.3 is 0 Å². The number of carbonyl (C=O) groups excluding carboxylic acids is 2. The summed E-state index contributed by atoms with van der Waals surface area (Å²) in [5.41, 5.74) is 11.2. The number of hydrazine groups is 2. The lowest BCUT2D eigenvalue weighted by molar-refractivity contribution is -0.138. The van der Waals surface area contributed by atoms with E-state index in [-0.39, 0.29) is 0 Å². The highest BCUT2D eigenvalue weighted by Crippen LogP contribution is 2.15. The molecule has 0 saturated carbocycles. The van der Waals surface area contributed by atoms with Gasteiger partial charge in [-0.25, -0.2) is 0 Å². The highest BCUT2D eigenvalue weighted by molar-refractivity contribution is 9.10. The molecule has 4 N–H and O–H groups in total. The van der Waals surface area contributed by atoms with Gasteiger partial charge in [0.2, 0.25) is 0 Å². The molecule has 0 aliphatic carbocycles. The van der Waals surface area contributed by atoms with Crippen molar-refractivity contribution in [1.29, 1.82) is 0 Å². The van der Waals surface area contributed by atoms with Crippen LogP contribution in [0.5, 0.6) is 0 Å². The molecular weight excluding hydrogens is 416 g/mol. The smallest absolute Gasteiger partial charge is 0.298 e. The fraction of sp³-hybridized carbons (Fsp3) is 0. The normalized spacial score (nSPS) is 9.73. The van der Waals surface area contributed by atoms with E-state index < -0.39 is 11.8 Å². The molecule has 0 spiro atoms. The van der Waals surface area contributed by atoms with Gasteiger partial charge in [0.1, 0.15) is 0 Å². The number of hydrogen-bond donors (Lipinski definition) is 4. The number of hydrogen-bond acceptors (Lipinski definition) is 4. The molecular formula is C14H12Br2N4O2. The third kappa shape index (κ3) is 5.05. The van der Waals surface area contributed by atoms with E-state index in [9.17, 15) is 9.59 Å². The van der Waals surface area contributed by atoms with Crippen LogP contribution in [0.2, 0.25) is 0 Å². The quantitative estimate of drug-likeness (QED) is 0.446. The molecule has 0 fully saturated rings. The van der Waals surface area contributed by atoms with Crippen molar-refractivity contribution in [1.82, 2.24) is 10.9 Å². The Labute approximate surface area is 143 Å². The molecule has 0 bridgehead atoms. The molecule has 2 aromatic rings. The van der Waals surface area contributed by atoms with Gasteiger partial charge in [-0.3, -0.25) is 31.3 Å². The predicted molar refractivity (Wildman–Crippen MR) is 91.8 cm³/mol. The lowest BCUT2D eigenvalue weighted by Crippen LogP contribution is -2.44. The van der Waals surface area contributed by atoms with E-state index in [1.165, 1.54) is 0 Å². The van der Waals surface area contributed by atoms with Crippen LogP contribution in [0.1, 0.15) is 0 Å². The van der Waals surface area contributed by atoms with Gasteiger partial charge in [-0.2, -0.15) is 0 Å². The van der Waals surface area contributed by atoms with Crippen molar-refractivity contribution in [2.24, 2.45) is 0 Å². The minimum Gasteiger partial charge on any atom is -0.298 e. The van der Waals surface area contributed by atoms with E-state index in [0.717, 1.165) is 8.95 Å². The SMILES string of the molecule is O=C(NNc1cccc(Br)c1)C(=O)NNc1cccc(Br)c1. The van der Waals surface area contributed by atoms with Gasteiger partial charge in [0.15, 0.2) is 0 Å². The number of anilines is 2. The molecule has 6 nitrogen and oxygen atoms in total. The van der Waals surface area contributed by atoms with Crippen molar-refractivity contribution in [3.05, 3.63) is 57.5 Å². The number of benzene rings is 2. The number of amides is 2. The van der Waals surface area contributed by atoms with Crippen LogP contribution in [0, 0.1) is 0 Å². The molecule has 0 saturated heterocycles. The van der Waals surface area contributed by atoms with Gasteiger partial charge in [0.05, 0.1) is 11.4 Å². The first kappa shape index (κ1) is 16.3. The Hall–Kier alpha value is -2.06. The molecule has 22 heavy (non-hydrogen) atoms. The minimum absolute atomic E-state index is 0.649. The Bertz CT molecular complexity index is 635. The molecule has 0 aliphatic heterocycles. The second-order valence-corrected chi connectivity index (χ2v) is 6.01. The Morgan fingerprint density at radius 3 is 1.50 bits per heavy atom. The molecule has 2 amide bonds. The minimum atomic E-state index is -0.817. The lowest BCUT2D eigenvalue weighted by Gasteiger charge is -2.10. The van der Waals surface area contributed by atoms with Crippen molar-refractivity contribution in [2.75, 3.05) is 10.9 Å². The molecule has 8 heteroatoms. The van der Waals surface area contributed by atoms with Crippen LogP contribution >= 0.6 is 31.9 Å². The zero-order valence-electron chi connectivity index (χ0n) is 11.2. The summed E-state index contributed by atoms with van der Waals surface area (Å²) in [6.45, 7) is 0. The highest BCUT2D eigenvalue weighted by atomic mass is 79.9. The summed E-state index contributed by atoms with van der Waals surface area (Å²) >= 11 is 6.62. The van der Waals surface area contributed by atoms with E-state index in [1.54, 1.807) is 36.4 Å². The molecule has 0 radical (unpaired) electrons. The van der Waals surface area contributed by atoms with Crippen LogP contribution in [0.25, 0.3) is 0 Å². The zero-order valence-corrected chi connectivity index (χ0v) is 14.4. The first-order valence-corrected chi connectivity index (χ1v) is 7.76. The Morgan fingerprint density at radius 2 is 1.14 bits per heavy atom. The molecule has 0 heterocycles. The highest BCUT2D eigenvalue weighted by Gasteiger charge is 2.12. The van der Waals surface area contributed by atoms with E-state index in [4.69, 9.17) is 0 Å². The molecule has 0 atom stereocenters. The molecule has 2 aromatic carbocycles. The third-order valence-corrected chi connectivity index (χ3v) is 3.48. The Morgan fingerprint density at radius 1 is 0.727 bits per heavy atom. The maximum atomic E-state index is 11.6. The first-order valence-electron chi connectivity index (χ1n) is 6.18. The van der Waals surface area contributed by atoms with Crippen LogP contribution in [0.3, 0.4) is 0 Å². The molecule has 0 unspecified atom stereocenters. The maximum absolute atomic E-state index is 11.6. The molecule has 114 valence electrons. The van der Waals surface area contributed by atoms with Crippen molar-refractivity contribution < 1.29 is 9.59 Å². The van der Waals surface area contributed by atoms with Crippen molar-refractivity contribution in [3.63, 3.8) is 0 Å². The summed E-state index contributed by atoms with van der Waals surface area (Å²) < 4.78 is 1.71. The third-order valence-electron chi connectivity index (χ3n) is 2.50. The van der Waals surface area contributed by atoms with Crippen LogP contribution < -0.4 is 21.7 Å². The molecule has 0 aliphatic rings. The average Bonchev–Trinajstić information content (AvgIpc) is 2.50. The van der Waals surface area contributed by atoms with Crippen molar-refractivity contribution in [2.45, 2.75) is 0 Å². The summed E-state index contributed by atoms with van der Waals surface area (Å²) in [6.07, 6.45) is 0. The van der Waals surface area contributed by atoms with E-state index in [0.29, 0.717) is 11.4 Å². The standard InChI is InChI=1S/C14H12Br2N4O2/c15-9-3-1-5-11(7-9)17-19-13(21)14(22)20-18-12-6-2-4-10(16)8-12/h1-8,17-18H,(H,19,21)(H,20,22). The topological polar surface area (TPSA) is 82.3 Å². The predicted octanol–water partition coefficient (Wildman–Crippen LogP) is 2.80. The maximum Gasteiger partial charge on any atom is 0.329 e. The number of halogens is 2. The van der Waals surface area contributed by atoms with Crippen molar-refractivity contribution in [3.8, 4) is 0 Å². The Kier molecular flexibility index (Phi) is 5.79. The van der Waals surface area contributed by atoms with E-state index in [1.807, 2.05) is 12.1 Å². The number of nitrogens with one attached hydrogen (secondary N) is 4. The van der Waals surface area contributed by atoms with Gasteiger partial charge >= 0.3 is 11.8 Å². The van der Waals surface area contributed by atoms with Crippen LogP contribution in [0.4, 0.5) is 11.4 Å². The Balaban J connectivity index is 1.81. The van der Waals surface area contributed by atoms with Crippen LogP contribution in [-0.2, 0) is 9.59 Å². The zero-order chi connectivity index (χ0) is 15.9. The lowest BCUT2D eigenvalue weighted by atomic mass is 10.3. The monoisotopic (exact) mass is 426 g/mol. The fourth-order valence-electron chi connectivity index (χ4n) is 1.50. The van der Waals surface area contributed by atoms with Gasteiger partial charge in [0, 0.05) is 8.95 Å². The summed E-state index contributed by atoms with van der Waals surface area (Å²) in [5.74, 6) is -1.63. The van der Waals surface area contributed by atoms with Gasteiger partial charge in [-0.1, -0.05) is 44.0 Å². The van der Waals surface area contributed by atoms with E-state index in [2.05, 4.69) is 53.6 Å². The molecule has 2 rings (SSSR count). The second kappa shape index (κ2) is 7.81. The molecule has 0 aromatic heterocycles. The van der Waals surface area contributed by atoms with Gasteiger partial charge in [-0.15, -0.1) is 0 Å². The number of rotatable bonds is 4. The number of carbonyl (C=O) groups is 2. The first-order chi connectivity index (χ1) is 10.5. The summed E-state index contributed by atoms with van der Waals surface area (Å²) in [6, 6.07) is 14.3. The summed E-state index contributed by atoms with van der Waals surface area (Å²) in [5, 5.41) is 0. The second-order valence-electron chi connectivity index (χ2n) is 4.18. The van der Waals surface area contributed by atoms with Crippen LogP contribution in [-0.4, -0.2) is 11.8 Å². The van der Waals surface area contributed by atoms with Gasteiger partial charge in [-0.05, 0) is 36.4 Å². The van der Waals surface area contributed by atoms with E-state index >= 15 is 0 Å².